The minimum Gasteiger partial charge on any atom is -0.388 e. The number of hydrogen-bond donors (Lipinski definition) is 3. The number of Topliss-reactive ketones (excluding diaryl/α,β-unsaturated/α-hetero) is 1. The maximum absolute atomic E-state index is 12.3. The van der Waals surface area contributed by atoms with Crippen molar-refractivity contribution in [1.29, 1.82) is 0 Å². The first-order chi connectivity index (χ1) is 17.3. The largest absolute Gasteiger partial charge is 0.388 e. The lowest BCUT2D eigenvalue weighted by Gasteiger charge is -2.60. The quantitative estimate of drug-likeness (QED) is 0.465. The van der Waals surface area contributed by atoms with Crippen molar-refractivity contribution in [3.8, 4) is 11.8 Å². The Hall–Kier alpha value is -2.94. The van der Waals surface area contributed by atoms with E-state index in [0.717, 1.165) is 35.3 Å². The predicted octanol–water partition coefficient (Wildman–Crippen LogP) is 4.10. The van der Waals surface area contributed by atoms with Crippen LogP contribution in [0.25, 0.3) is 0 Å². The van der Waals surface area contributed by atoms with E-state index in [2.05, 4.69) is 55.3 Å². The fourth-order valence-corrected chi connectivity index (χ4v) is 6.10. The van der Waals surface area contributed by atoms with Gasteiger partial charge >= 0.3 is 0 Å². The smallest absolute Gasteiger partial charge is 0.251 e. The van der Waals surface area contributed by atoms with Gasteiger partial charge in [0.2, 0.25) is 0 Å². The molecular formula is C31H38N2O3. The molecule has 5 rings (SSSR count). The summed E-state index contributed by atoms with van der Waals surface area (Å²) in [6.45, 7) is 4.24. The fraction of sp³-hybridized carbons (Fsp3) is 0.484. The van der Waals surface area contributed by atoms with Gasteiger partial charge in [0.15, 0.2) is 5.78 Å². The standard InChI is InChI=1S/C31H38N2O3/c1-31(2)26-17-16-24(27(31)18-26)5-3-4-21-6-8-22(9-7-21)10-11-23-12-14-25(15-13-23)30(36)33-28(19-32)29(35)20-34/h6-9,12-15,24,26-28,34H,3-5,16-20,32H2,1-2H3,(H,33,36)/t24-,26+,27+,28+/m1/s1. The summed E-state index contributed by atoms with van der Waals surface area (Å²) >= 11 is 0. The maximum atomic E-state index is 12.3. The number of nitrogens with one attached hydrogen (secondary N) is 1. The lowest BCUT2D eigenvalue weighted by Crippen LogP contribution is -2.52. The van der Waals surface area contributed by atoms with E-state index in [1.165, 1.54) is 37.7 Å². The number of aryl methyl sites for hydroxylation is 1. The molecule has 0 aliphatic heterocycles. The van der Waals surface area contributed by atoms with Crippen molar-refractivity contribution in [3.05, 3.63) is 70.8 Å². The van der Waals surface area contributed by atoms with Crippen molar-refractivity contribution in [3.63, 3.8) is 0 Å². The summed E-state index contributed by atoms with van der Waals surface area (Å²) in [5.74, 6) is 8.24. The van der Waals surface area contributed by atoms with Gasteiger partial charge in [0.25, 0.3) is 5.91 Å². The minimum atomic E-state index is -0.894. The molecule has 2 aromatic rings. The second-order valence-electron chi connectivity index (χ2n) is 11.0. The number of carbonyl (C=O) groups is 2. The summed E-state index contributed by atoms with van der Waals surface area (Å²) in [6, 6.07) is 14.5. The predicted molar refractivity (Wildman–Crippen MR) is 142 cm³/mol. The zero-order valence-electron chi connectivity index (χ0n) is 21.4. The molecule has 4 N–H and O–H groups in total. The molecule has 2 aromatic carbocycles. The van der Waals surface area contributed by atoms with Crippen LogP contribution in [0.3, 0.4) is 0 Å². The van der Waals surface area contributed by atoms with Gasteiger partial charge in [0, 0.05) is 23.2 Å². The van der Waals surface area contributed by atoms with Crippen molar-refractivity contribution in [2.75, 3.05) is 13.2 Å². The monoisotopic (exact) mass is 486 g/mol. The molecule has 4 atom stereocenters. The molecule has 3 aliphatic rings. The minimum absolute atomic E-state index is 0.0623. The molecule has 0 aromatic heterocycles. The number of hydrogen-bond acceptors (Lipinski definition) is 4. The Morgan fingerprint density at radius 1 is 1.06 bits per heavy atom. The first kappa shape index (κ1) is 26.1. The molecule has 5 nitrogen and oxygen atoms in total. The van der Waals surface area contributed by atoms with Gasteiger partial charge in [0.1, 0.15) is 12.6 Å². The van der Waals surface area contributed by atoms with Crippen LogP contribution < -0.4 is 11.1 Å². The molecule has 0 saturated heterocycles. The van der Waals surface area contributed by atoms with Gasteiger partial charge in [-0.3, -0.25) is 9.59 Å². The average molecular weight is 487 g/mol. The summed E-state index contributed by atoms with van der Waals surface area (Å²) in [6.07, 6.45) is 8.04. The number of amides is 1. The molecule has 3 fully saturated rings. The third kappa shape index (κ3) is 5.88. The number of ketones is 1. The molecule has 0 radical (unpaired) electrons. The van der Waals surface area contributed by atoms with E-state index >= 15 is 0 Å². The Kier molecular flexibility index (Phi) is 8.28. The zero-order valence-corrected chi connectivity index (χ0v) is 21.4. The number of nitrogens with two attached hydrogens (primary N) is 1. The highest BCUT2D eigenvalue weighted by atomic mass is 16.3. The third-order valence-electron chi connectivity index (χ3n) is 8.58. The summed E-state index contributed by atoms with van der Waals surface area (Å²) in [5, 5.41) is 11.5. The van der Waals surface area contributed by atoms with Crippen molar-refractivity contribution >= 4 is 11.7 Å². The number of carbonyl (C=O) groups excluding carboxylic acids is 2. The third-order valence-corrected chi connectivity index (χ3v) is 8.58. The SMILES string of the molecule is CC1(C)[C@H]2CC[C@@H](CCCc3ccc(C#Cc4ccc(C(=O)N[C@@H](CN)C(=O)CO)cc4)cc3)[C@@H]1C2. The van der Waals surface area contributed by atoms with Crippen LogP contribution in [0.5, 0.6) is 0 Å². The Balaban J connectivity index is 1.26. The first-order valence-electron chi connectivity index (χ1n) is 13.2. The molecule has 3 aliphatic carbocycles. The summed E-state index contributed by atoms with van der Waals surface area (Å²) in [7, 11) is 0. The van der Waals surface area contributed by atoms with Gasteiger partial charge in [-0.05, 0) is 104 Å². The molecule has 0 spiro atoms. The van der Waals surface area contributed by atoms with Gasteiger partial charge in [0.05, 0.1) is 0 Å². The van der Waals surface area contributed by atoms with Gasteiger partial charge < -0.3 is 16.2 Å². The molecular weight excluding hydrogens is 448 g/mol. The molecule has 0 heterocycles. The highest BCUT2D eigenvalue weighted by Crippen LogP contribution is 2.62. The van der Waals surface area contributed by atoms with Gasteiger partial charge in [-0.25, -0.2) is 0 Å². The van der Waals surface area contributed by atoms with Crippen molar-refractivity contribution in [2.24, 2.45) is 28.9 Å². The number of fused-ring (bicyclic) bond motifs is 2. The second kappa shape index (κ2) is 11.4. The number of aliphatic hydroxyl groups excluding tert-OH is 1. The molecule has 5 heteroatoms. The van der Waals surface area contributed by atoms with Crippen LogP contribution >= 0.6 is 0 Å². The van der Waals surface area contributed by atoms with E-state index in [0.29, 0.717) is 11.0 Å². The Morgan fingerprint density at radius 3 is 2.25 bits per heavy atom. The zero-order chi connectivity index (χ0) is 25.7. The second-order valence-corrected chi connectivity index (χ2v) is 11.0. The van der Waals surface area contributed by atoms with Crippen LogP contribution in [0.15, 0.2) is 48.5 Å². The lowest BCUT2D eigenvalue weighted by molar-refractivity contribution is -0.123. The van der Waals surface area contributed by atoms with Crippen LogP contribution in [-0.2, 0) is 11.2 Å². The lowest BCUT2D eigenvalue weighted by atomic mass is 9.45. The summed E-state index contributed by atoms with van der Waals surface area (Å²) in [5.41, 5.74) is 9.62. The van der Waals surface area contributed by atoms with Gasteiger partial charge in [-0.1, -0.05) is 37.8 Å². The number of benzene rings is 2. The van der Waals surface area contributed by atoms with Crippen molar-refractivity contribution < 1.29 is 14.7 Å². The average Bonchev–Trinajstić information content (AvgIpc) is 2.91. The molecule has 190 valence electrons. The van der Waals surface area contributed by atoms with Crippen LogP contribution in [-0.4, -0.2) is 36.0 Å². The highest BCUT2D eigenvalue weighted by Gasteiger charge is 2.53. The maximum Gasteiger partial charge on any atom is 0.251 e. The highest BCUT2D eigenvalue weighted by molar-refractivity contribution is 5.98. The van der Waals surface area contributed by atoms with Crippen LogP contribution in [0.2, 0.25) is 0 Å². The van der Waals surface area contributed by atoms with E-state index < -0.39 is 24.3 Å². The molecule has 0 unspecified atom stereocenters. The summed E-state index contributed by atoms with van der Waals surface area (Å²) in [4.78, 5) is 23.9. The van der Waals surface area contributed by atoms with E-state index in [1.807, 2.05) is 0 Å². The van der Waals surface area contributed by atoms with Crippen molar-refractivity contribution in [1.82, 2.24) is 5.32 Å². The Morgan fingerprint density at radius 2 is 1.69 bits per heavy atom. The number of aliphatic hydroxyl groups is 1. The Labute approximate surface area is 214 Å². The molecule has 2 bridgehead atoms. The molecule has 3 saturated carbocycles. The van der Waals surface area contributed by atoms with E-state index in [-0.39, 0.29) is 6.54 Å². The van der Waals surface area contributed by atoms with E-state index in [9.17, 15) is 9.59 Å². The van der Waals surface area contributed by atoms with Crippen LogP contribution in [0.1, 0.15) is 73.0 Å². The van der Waals surface area contributed by atoms with E-state index in [1.54, 1.807) is 24.3 Å². The molecule has 36 heavy (non-hydrogen) atoms. The van der Waals surface area contributed by atoms with Gasteiger partial charge in [-0.2, -0.15) is 0 Å². The first-order valence-corrected chi connectivity index (χ1v) is 13.2. The fourth-order valence-electron chi connectivity index (χ4n) is 6.10. The topological polar surface area (TPSA) is 92.4 Å². The molecule has 1 amide bonds. The van der Waals surface area contributed by atoms with Crippen LogP contribution in [0, 0.1) is 35.0 Å². The van der Waals surface area contributed by atoms with Crippen LogP contribution in [0.4, 0.5) is 0 Å². The van der Waals surface area contributed by atoms with Gasteiger partial charge in [-0.15, -0.1) is 0 Å². The number of rotatable bonds is 9. The normalized spacial score (nSPS) is 22.5. The Bertz CT molecular complexity index is 1120. The van der Waals surface area contributed by atoms with E-state index in [4.69, 9.17) is 10.8 Å². The summed E-state index contributed by atoms with van der Waals surface area (Å²) < 4.78 is 0. The van der Waals surface area contributed by atoms with Crippen molar-refractivity contribution in [2.45, 2.75) is 58.4 Å².